The Bertz CT molecular complexity index is 799. The number of phenols is 1. The third-order valence-corrected chi connectivity index (χ3v) is 5.37. The first-order valence-electron chi connectivity index (χ1n) is 9.13. The van der Waals surface area contributed by atoms with Gasteiger partial charge >= 0.3 is 0 Å². The summed E-state index contributed by atoms with van der Waals surface area (Å²) in [5.74, 6) is 1.89. The number of benzene rings is 2. The number of rotatable bonds is 4. The minimum absolute atomic E-state index is 0.263. The molecule has 0 fully saturated rings. The highest BCUT2D eigenvalue weighted by Crippen LogP contribution is 2.48. The second-order valence-electron chi connectivity index (χ2n) is 7.76. The van der Waals surface area contributed by atoms with Gasteiger partial charge in [0.25, 0.3) is 0 Å². The van der Waals surface area contributed by atoms with Gasteiger partial charge in [-0.2, -0.15) is 0 Å². The molecule has 2 aromatic rings. The Kier molecular flexibility index (Phi) is 5.51. The lowest BCUT2D eigenvalue weighted by Crippen LogP contribution is -2.04. The number of phenolic OH excluding ortho intramolecular Hbond substituents is 1. The number of hydrogen-bond donors (Lipinski definition) is 1. The third-order valence-electron chi connectivity index (χ3n) is 5.37. The van der Waals surface area contributed by atoms with E-state index < -0.39 is 0 Å². The molecule has 2 nitrogen and oxygen atoms in total. The minimum atomic E-state index is 0.263. The Balaban J connectivity index is 3.01. The van der Waals surface area contributed by atoms with Crippen LogP contribution in [0.4, 0.5) is 0 Å². The molecule has 1 N–H and O–H groups in total. The lowest BCUT2D eigenvalue weighted by atomic mass is 9.84. The van der Waals surface area contributed by atoms with Crippen molar-refractivity contribution in [3.63, 3.8) is 0 Å². The van der Waals surface area contributed by atoms with Gasteiger partial charge in [0, 0.05) is 11.1 Å². The highest BCUT2D eigenvalue weighted by atomic mass is 16.5. The van der Waals surface area contributed by atoms with Gasteiger partial charge < -0.3 is 9.84 Å². The number of methoxy groups -OCH3 is 1. The van der Waals surface area contributed by atoms with Crippen molar-refractivity contribution in [2.75, 3.05) is 7.11 Å². The minimum Gasteiger partial charge on any atom is -0.507 e. The summed E-state index contributed by atoms with van der Waals surface area (Å²) in [7, 11) is 1.73. The van der Waals surface area contributed by atoms with Gasteiger partial charge in [0.2, 0.25) is 0 Å². The van der Waals surface area contributed by atoms with Crippen LogP contribution in [0.2, 0.25) is 0 Å². The summed E-state index contributed by atoms with van der Waals surface area (Å²) in [5, 5.41) is 11.1. The van der Waals surface area contributed by atoms with Crippen molar-refractivity contribution in [1.29, 1.82) is 0 Å². The van der Waals surface area contributed by atoms with E-state index in [1.807, 2.05) is 0 Å². The summed E-state index contributed by atoms with van der Waals surface area (Å²) >= 11 is 0. The number of aryl methyl sites for hydroxylation is 2. The van der Waals surface area contributed by atoms with Gasteiger partial charge in [0.1, 0.15) is 11.5 Å². The SMILES string of the molecule is COc1c(C(C)C)cc(C)c(C)c1-c1c(C)c(C)cc(C(C)C)c1O. The van der Waals surface area contributed by atoms with Crippen molar-refractivity contribution in [2.24, 2.45) is 0 Å². The smallest absolute Gasteiger partial charge is 0.130 e. The van der Waals surface area contributed by atoms with Gasteiger partial charge in [-0.05, 0) is 72.9 Å². The van der Waals surface area contributed by atoms with Crippen molar-refractivity contribution < 1.29 is 9.84 Å². The van der Waals surface area contributed by atoms with Crippen LogP contribution in [0, 0.1) is 27.7 Å². The van der Waals surface area contributed by atoms with E-state index in [0.717, 1.165) is 28.0 Å². The normalized spacial score (nSPS) is 11.5. The Morgan fingerprint density at radius 1 is 0.760 bits per heavy atom. The zero-order valence-electron chi connectivity index (χ0n) is 17.2. The molecule has 0 atom stereocenters. The highest BCUT2D eigenvalue weighted by Gasteiger charge is 2.24. The number of aromatic hydroxyl groups is 1. The quantitative estimate of drug-likeness (QED) is 0.684. The maximum Gasteiger partial charge on any atom is 0.130 e. The van der Waals surface area contributed by atoms with Crippen LogP contribution in [0.15, 0.2) is 12.1 Å². The van der Waals surface area contributed by atoms with E-state index >= 15 is 0 Å². The van der Waals surface area contributed by atoms with Crippen molar-refractivity contribution in [2.45, 2.75) is 67.2 Å². The predicted octanol–water partition coefficient (Wildman–Crippen LogP) is 6.55. The van der Waals surface area contributed by atoms with Crippen LogP contribution in [0.3, 0.4) is 0 Å². The molecule has 0 amide bonds. The molecule has 0 spiro atoms. The fourth-order valence-corrected chi connectivity index (χ4v) is 3.54. The summed E-state index contributed by atoms with van der Waals surface area (Å²) in [6.07, 6.45) is 0. The monoisotopic (exact) mass is 340 g/mol. The number of hydrogen-bond acceptors (Lipinski definition) is 2. The molecule has 0 aliphatic heterocycles. The molecule has 25 heavy (non-hydrogen) atoms. The average molecular weight is 341 g/mol. The van der Waals surface area contributed by atoms with Gasteiger partial charge in [-0.1, -0.05) is 39.8 Å². The lowest BCUT2D eigenvalue weighted by molar-refractivity contribution is 0.408. The molecule has 0 bridgehead atoms. The zero-order valence-corrected chi connectivity index (χ0v) is 17.2. The van der Waals surface area contributed by atoms with Crippen molar-refractivity contribution in [3.05, 3.63) is 45.5 Å². The summed E-state index contributed by atoms with van der Waals surface area (Å²) in [4.78, 5) is 0. The van der Waals surface area contributed by atoms with Gasteiger partial charge in [0.15, 0.2) is 0 Å². The van der Waals surface area contributed by atoms with E-state index in [1.165, 1.54) is 22.3 Å². The molecule has 136 valence electrons. The zero-order chi connectivity index (χ0) is 19.0. The molecular weight excluding hydrogens is 308 g/mol. The van der Waals surface area contributed by atoms with Crippen molar-refractivity contribution in [3.8, 4) is 22.6 Å². The molecule has 0 saturated heterocycles. The lowest BCUT2D eigenvalue weighted by Gasteiger charge is -2.24. The average Bonchev–Trinajstić information content (AvgIpc) is 2.54. The molecule has 0 aliphatic rings. The topological polar surface area (TPSA) is 29.5 Å². The molecule has 0 aromatic heterocycles. The Labute approximate surface area is 152 Å². The molecule has 0 unspecified atom stereocenters. The van der Waals surface area contributed by atoms with Crippen LogP contribution in [-0.2, 0) is 0 Å². The molecule has 0 radical (unpaired) electrons. The summed E-state index contributed by atoms with van der Waals surface area (Å²) in [6, 6.07) is 4.33. The molecule has 2 rings (SSSR count). The van der Waals surface area contributed by atoms with E-state index in [9.17, 15) is 5.11 Å². The van der Waals surface area contributed by atoms with Gasteiger partial charge in [-0.3, -0.25) is 0 Å². The predicted molar refractivity (Wildman–Crippen MR) is 107 cm³/mol. The van der Waals surface area contributed by atoms with E-state index in [-0.39, 0.29) is 5.92 Å². The van der Waals surface area contributed by atoms with Gasteiger partial charge in [0.05, 0.1) is 7.11 Å². The second-order valence-corrected chi connectivity index (χ2v) is 7.76. The van der Waals surface area contributed by atoms with Crippen molar-refractivity contribution in [1.82, 2.24) is 0 Å². The number of ether oxygens (including phenoxy) is 1. The second kappa shape index (κ2) is 7.11. The van der Waals surface area contributed by atoms with Crippen molar-refractivity contribution >= 4 is 0 Å². The third kappa shape index (κ3) is 3.27. The maximum absolute atomic E-state index is 11.1. The van der Waals surface area contributed by atoms with Gasteiger partial charge in [-0.25, -0.2) is 0 Å². The van der Waals surface area contributed by atoms with E-state index in [4.69, 9.17) is 4.74 Å². The molecule has 0 saturated carbocycles. The summed E-state index contributed by atoms with van der Waals surface area (Å²) in [6.45, 7) is 17.1. The van der Waals surface area contributed by atoms with Crippen LogP contribution < -0.4 is 4.74 Å². The van der Waals surface area contributed by atoms with E-state index in [1.54, 1.807) is 7.11 Å². The van der Waals surface area contributed by atoms with E-state index in [0.29, 0.717) is 11.7 Å². The van der Waals surface area contributed by atoms with Gasteiger partial charge in [-0.15, -0.1) is 0 Å². The van der Waals surface area contributed by atoms with Crippen LogP contribution >= 0.6 is 0 Å². The van der Waals surface area contributed by atoms with Crippen LogP contribution in [0.5, 0.6) is 11.5 Å². The standard InChI is InChI=1S/C23H32O2/c1-12(2)18-10-14(5)16(7)20(22(18)24)21-17(8)15(6)11-19(13(3)4)23(21)25-9/h10-13,24H,1-9H3. The summed E-state index contributed by atoms with van der Waals surface area (Å²) < 4.78 is 5.87. The maximum atomic E-state index is 11.1. The first-order chi connectivity index (χ1) is 11.6. The fourth-order valence-electron chi connectivity index (χ4n) is 3.54. The van der Waals surface area contributed by atoms with Crippen LogP contribution in [0.1, 0.15) is 72.9 Å². The van der Waals surface area contributed by atoms with Crippen LogP contribution in [0.25, 0.3) is 11.1 Å². The van der Waals surface area contributed by atoms with E-state index in [2.05, 4.69) is 67.5 Å². The Morgan fingerprint density at radius 2 is 1.20 bits per heavy atom. The highest BCUT2D eigenvalue weighted by molar-refractivity contribution is 5.85. The first-order valence-corrected chi connectivity index (χ1v) is 9.13. The summed E-state index contributed by atoms with van der Waals surface area (Å²) in [5.41, 5.74) is 8.84. The van der Waals surface area contributed by atoms with Crippen LogP contribution in [-0.4, -0.2) is 12.2 Å². The first kappa shape index (κ1) is 19.4. The molecule has 0 heterocycles. The largest absolute Gasteiger partial charge is 0.507 e. The molecule has 2 heteroatoms. The molecular formula is C23H32O2. The fraction of sp³-hybridized carbons (Fsp3) is 0.478. The molecule has 0 aliphatic carbocycles. The molecule has 2 aromatic carbocycles. The Morgan fingerprint density at radius 3 is 1.64 bits per heavy atom. The Hall–Kier alpha value is -1.96.